The predicted molar refractivity (Wildman–Crippen MR) is 99.4 cm³/mol. The van der Waals surface area contributed by atoms with Crippen LogP contribution in [-0.4, -0.2) is 25.6 Å². The average molecular weight is 399 g/mol. The summed E-state index contributed by atoms with van der Waals surface area (Å²) in [6.07, 6.45) is 1.84. The summed E-state index contributed by atoms with van der Waals surface area (Å²) in [4.78, 5) is 12.5. The minimum atomic E-state index is -3.51. The van der Waals surface area contributed by atoms with E-state index in [2.05, 4.69) is 0 Å². The molecule has 5 nitrogen and oxygen atoms in total. The van der Waals surface area contributed by atoms with E-state index >= 15 is 0 Å². The van der Waals surface area contributed by atoms with Gasteiger partial charge in [-0.2, -0.15) is 5.26 Å². The summed E-state index contributed by atoms with van der Waals surface area (Å²) in [7, 11) is -3.51. The molecule has 2 aliphatic rings. The van der Waals surface area contributed by atoms with Crippen LogP contribution in [-0.2, 0) is 16.3 Å². The van der Waals surface area contributed by atoms with E-state index in [0.29, 0.717) is 30.4 Å². The summed E-state index contributed by atoms with van der Waals surface area (Å²) in [5, 5.41) is 19.9. The SMILES string of the molecule is CS(=O)(=O)c1ccc([C@H]2CCC(=O)c3cc(F)cc(C#N)c32)c2c1C(O)CC2. The van der Waals surface area contributed by atoms with E-state index in [-0.39, 0.29) is 34.1 Å². The molecule has 0 saturated heterocycles. The van der Waals surface area contributed by atoms with Crippen LogP contribution in [0.1, 0.15) is 69.5 Å². The Balaban J connectivity index is 1.98. The molecule has 0 amide bonds. The highest BCUT2D eigenvalue weighted by Crippen LogP contribution is 2.45. The first-order chi connectivity index (χ1) is 13.2. The van der Waals surface area contributed by atoms with Crippen molar-refractivity contribution in [2.45, 2.75) is 42.6 Å². The van der Waals surface area contributed by atoms with E-state index in [4.69, 9.17) is 0 Å². The van der Waals surface area contributed by atoms with Crippen molar-refractivity contribution < 1.29 is 22.7 Å². The fourth-order valence-corrected chi connectivity index (χ4v) is 5.54. The number of nitrogens with zero attached hydrogens (tertiary/aromatic N) is 1. The van der Waals surface area contributed by atoms with Gasteiger partial charge in [0.15, 0.2) is 15.6 Å². The Morgan fingerprint density at radius 3 is 2.61 bits per heavy atom. The molecule has 7 heteroatoms. The van der Waals surface area contributed by atoms with Gasteiger partial charge < -0.3 is 5.11 Å². The molecular formula is C21H18FNO4S. The van der Waals surface area contributed by atoms with Crippen LogP contribution in [0.5, 0.6) is 0 Å². The summed E-state index contributed by atoms with van der Waals surface area (Å²) in [6.45, 7) is 0. The first-order valence-corrected chi connectivity index (χ1v) is 10.9. The number of halogens is 1. The predicted octanol–water partition coefficient (Wildman–Crippen LogP) is 3.19. The summed E-state index contributed by atoms with van der Waals surface area (Å²) >= 11 is 0. The first-order valence-electron chi connectivity index (χ1n) is 9.03. The maximum absolute atomic E-state index is 13.9. The zero-order valence-electron chi connectivity index (χ0n) is 15.2. The molecule has 1 unspecified atom stereocenters. The lowest BCUT2D eigenvalue weighted by molar-refractivity contribution is 0.0968. The number of carbonyl (C=O) groups excluding carboxylic acids is 1. The number of nitriles is 1. The Hall–Kier alpha value is -2.56. The van der Waals surface area contributed by atoms with E-state index < -0.39 is 21.8 Å². The molecule has 0 fully saturated rings. The molecule has 2 atom stereocenters. The van der Waals surface area contributed by atoms with Crippen LogP contribution in [0.4, 0.5) is 4.39 Å². The number of benzene rings is 2. The second kappa shape index (κ2) is 6.50. The van der Waals surface area contributed by atoms with E-state index in [1.807, 2.05) is 6.07 Å². The number of aliphatic hydroxyl groups is 1. The lowest BCUT2D eigenvalue weighted by atomic mass is 9.74. The molecule has 0 aliphatic heterocycles. The summed E-state index contributed by atoms with van der Waals surface area (Å²) < 4.78 is 38.2. The molecular weight excluding hydrogens is 381 g/mol. The summed E-state index contributed by atoms with van der Waals surface area (Å²) in [5.41, 5.74) is 2.81. The van der Waals surface area contributed by atoms with Gasteiger partial charge in [0.1, 0.15) is 5.82 Å². The van der Waals surface area contributed by atoms with Crippen LogP contribution in [0.3, 0.4) is 0 Å². The number of ketones is 1. The maximum atomic E-state index is 13.9. The normalized spacial score (nSPS) is 21.1. The Kier molecular flexibility index (Phi) is 4.36. The smallest absolute Gasteiger partial charge is 0.175 e. The molecule has 0 spiro atoms. The number of Topliss-reactive ketones (excluding diaryl/α,β-unsaturated/α-hetero) is 1. The Bertz CT molecular complexity index is 1160. The molecule has 2 aromatic rings. The van der Waals surface area contributed by atoms with Gasteiger partial charge in [0.05, 0.1) is 22.6 Å². The molecule has 0 saturated carbocycles. The lowest BCUT2D eigenvalue weighted by Gasteiger charge is -2.28. The third-order valence-corrected chi connectivity index (χ3v) is 6.86. The second-order valence-corrected chi connectivity index (χ2v) is 9.40. The van der Waals surface area contributed by atoms with Crippen LogP contribution >= 0.6 is 0 Å². The van der Waals surface area contributed by atoms with Crippen molar-refractivity contribution in [2.24, 2.45) is 0 Å². The van der Waals surface area contributed by atoms with Crippen molar-refractivity contribution in [2.75, 3.05) is 6.26 Å². The highest BCUT2D eigenvalue weighted by molar-refractivity contribution is 7.90. The van der Waals surface area contributed by atoms with E-state index in [1.165, 1.54) is 12.1 Å². The van der Waals surface area contributed by atoms with Crippen LogP contribution in [0.25, 0.3) is 0 Å². The standard InChI is InChI=1S/C21H18FNO4S/c1-28(26,27)19-7-4-13(15-3-6-18(25)21(15)19)14-2-5-17(24)16-9-12(22)8-11(10-23)20(14)16/h4,7-9,14,18,25H,2-3,5-6H2,1H3/t14-,18?/m1/s1. The average Bonchev–Trinajstić information content (AvgIpc) is 3.02. The van der Waals surface area contributed by atoms with E-state index in [9.17, 15) is 28.0 Å². The van der Waals surface area contributed by atoms with Crippen molar-refractivity contribution >= 4 is 15.6 Å². The van der Waals surface area contributed by atoms with Crippen LogP contribution in [0, 0.1) is 17.1 Å². The monoisotopic (exact) mass is 399 g/mol. The highest BCUT2D eigenvalue weighted by Gasteiger charge is 2.36. The Labute approximate surface area is 162 Å². The quantitative estimate of drug-likeness (QED) is 0.837. The van der Waals surface area contributed by atoms with Crippen LogP contribution in [0.2, 0.25) is 0 Å². The molecule has 4 rings (SSSR count). The van der Waals surface area contributed by atoms with E-state index in [1.54, 1.807) is 6.07 Å². The van der Waals surface area contributed by atoms with Crippen molar-refractivity contribution in [3.63, 3.8) is 0 Å². The van der Waals surface area contributed by atoms with Crippen molar-refractivity contribution in [1.29, 1.82) is 5.26 Å². The topological polar surface area (TPSA) is 95.2 Å². The van der Waals surface area contributed by atoms with Gasteiger partial charge in [-0.15, -0.1) is 0 Å². The van der Waals surface area contributed by atoms with Gasteiger partial charge in [0.2, 0.25) is 0 Å². The van der Waals surface area contributed by atoms with Gasteiger partial charge in [-0.05, 0) is 54.2 Å². The summed E-state index contributed by atoms with van der Waals surface area (Å²) in [5.74, 6) is -1.15. The molecule has 2 aliphatic carbocycles. The zero-order valence-corrected chi connectivity index (χ0v) is 16.0. The van der Waals surface area contributed by atoms with Crippen molar-refractivity contribution in [1.82, 2.24) is 0 Å². The fraction of sp³-hybridized carbons (Fsp3) is 0.333. The minimum Gasteiger partial charge on any atom is -0.388 e. The van der Waals surface area contributed by atoms with Crippen LogP contribution in [0.15, 0.2) is 29.2 Å². The number of aliphatic hydroxyl groups excluding tert-OH is 1. The molecule has 1 N–H and O–H groups in total. The molecule has 0 heterocycles. The molecule has 144 valence electrons. The van der Waals surface area contributed by atoms with Gasteiger partial charge in [-0.1, -0.05) is 6.07 Å². The van der Waals surface area contributed by atoms with Gasteiger partial charge in [0.25, 0.3) is 0 Å². The van der Waals surface area contributed by atoms with E-state index in [0.717, 1.165) is 23.4 Å². The number of hydrogen-bond donors (Lipinski definition) is 1. The number of fused-ring (bicyclic) bond motifs is 2. The molecule has 0 radical (unpaired) electrons. The Morgan fingerprint density at radius 2 is 1.93 bits per heavy atom. The van der Waals surface area contributed by atoms with Crippen molar-refractivity contribution in [3.8, 4) is 6.07 Å². The van der Waals surface area contributed by atoms with Crippen LogP contribution < -0.4 is 0 Å². The summed E-state index contributed by atoms with van der Waals surface area (Å²) in [6, 6.07) is 7.49. The second-order valence-electron chi connectivity index (χ2n) is 7.41. The van der Waals surface area contributed by atoms with Gasteiger partial charge >= 0.3 is 0 Å². The third-order valence-electron chi connectivity index (χ3n) is 5.70. The minimum absolute atomic E-state index is 0.114. The first kappa shape index (κ1) is 18.8. The number of carbonyl (C=O) groups is 1. The number of rotatable bonds is 2. The van der Waals surface area contributed by atoms with Gasteiger partial charge in [0, 0.05) is 29.7 Å². The number of hydrogen-bond acceptors (Lipinski definition) is 5. The zero-order chi connectivity index (χ0) is 20.2. The third kappa shape index (κ3) is 2.84. The van der Waals surface area contributed by atoms with Crippen molar-refractivity contribution in [3.05, 3.63) is 63.5 Å². The Morgan fingerprint density at radius 1 is 1.18 bits per heavy atom. The van der Waals surface area contributed by atoms with Gasteiger partial charge in [-0.3, -0.25) is 4.79 Å². The number of sulfone groups is 1. The molecule has 28 heavy (non-hydrogen) atoms. The molecule has 0 bridgehead atoms. The van der Waals surface area contributed by atoms with Gasteiger partial charge in [-0.25, -0.2) is 12.8 Å². The fourth-order valence-electron chi connectivity index (χ4n) is 4.56. The molecule has 0 aromatic heterocycles. The largest absolute Gasteiger partial charge is 0.388 e. The maximum Gasteiger partial charge on any atom is 0.175 e. The molecule has 2 aromatic carbocycles. The lowest BCUT2D eigenvalue weighted by Crippen LogP contribution is -2.20. The highest BCUT2D eigenvalue weighted by atomic mass is 32.2.